The van der Waals surface area contributed by atoms with Gasteiger partial charge in [-0.2, -0.15) is 0 Å². The zero-order valence-corrected chi connectivity index (χ0v) is 19.2. The van der Waals surface area contributed by atoms with E-state index in [9.17, 15) is 0 Å². The molecule has 158 valence electrons. The highest BCUT2D eigenvalue weighted by molar-refractivity contribution is 6.23. The molecule has 0 radical (unpaired) electrons. The highest BCUT2D eigenvalue weighted by Crippen LogP contribution is 2.32. The van der Waals surface area contributed by atoms with Gasteiger partial charge in [0.15, 0.2) is 0 Å². The van der Waals surface area contributed by atoms with Gasteiger partial charge in [0.2, 0.25) is 0 Å². The predicted molar refractivity (Wildman–Crippen MR) is 124 cm³/mol. The monoisotopic (exact) mass is 395 g/mol. The van der Waals surface area contributed by atoms with Crippen LogP contribution in [0.3, 0.4) is 0 Å². The number of hydrogen-bond acceptors (Lipinski definition) is 1. The van der Waals surface area contributed by atoms with Crippen LogP contribution in [0.15, 0.2) is 30.3 Å². The summed E-state index contributed by atoms with van der Waals surface area (Å²) in [6.07, 6.45) is 19.3. The fourth-order valence-electron chi connectivity index (χ4n) is 3.82. The van der Waals surface area contributed by atoms with Crippen LogP contribution >= 0.6 is 11.6 Å². The summed E-state index contributed by atoms with van der Waals surface area (Å²) in [4.78, 5) is -0.117. The number of benzene rings is 1. The van der Waals surface area contributed by atoms with E-state index in [2.05, 4.69) is 51.1 Å². The molecule has 0 bridgehead atoms. The Labute approximate surface area is 175 Å². The molecule has 27 heavy (non-hydrogen) atoms. The molecule has 1 unspecified atom stereocenters. The van der Waals surface area contributed by atoms with Crippen LogP contribution in [-0.4, -0.2) is 4.87 Å². The second-order valence-electron chi connectivity index (χ2n) is 8.63. The summed E-state index contributed by atoms with van der Waals surface area (Å²) in [5.74, 6) is 0.565. The van der Waals surface area contributed by atoms with Crippen molar-refractivity contribution in [2.75, 3.05) is 0 Å². The number of hydrogen-bond donors (Lipinski definition) is 1. The van der Waals surface area contributed by atoms with Gasteiger partial charge in [0.25, 0.3) is 0 Å². The SMILES string of the molecule is CCCCCCCCCCCCCCC(Cc1ccccc1)C(C)(C)Cl.N. The first-order valence-electron chi connectivity index (χ1n) is 11.3. The molecule has 3 N–H and O–H groups in total. The summed E-state index contributed by atoms with van der Waals surface area (Å²) in [5, 5.41) is 0. The number of rotatable bonds is 16. The molecule has 0 aromatic heterocycles. The van der Waals surface area contributed by atoms with Crippen molar-refractivity contribution >= 4 is 11.6 Å². The van der Waals surface area contributed by atoms with Gasteiger partial charge in [-0.3, -0.25) is 0 Å². The largest absolute Gasteiger partial charge is 0.344 e. The summed E-state index contributed by atoms with van der Waals surface area (Å²) in [6, 6.07) is 10.8. The molecule has 0 fully saturated rings. The third-order valence-electron chi connectivity index (χ3n) is 5.70. The van der Waals surface area contributed by atoms with Gasteiger partial charge in [-0.1, -0.05) is 114 Å². The Morgan fingerprint density at radius 3 is 1.63 bits per heavy atom. The van der Waals surface area contributed by atoms with Crippen molar-refractivity contribution in [3.63, 3.8) is 0 Å². The Kier molecular flexibility index (Phi) is 16.1. The van der Waals surface area contributed by atoms with Crippen LogP contribution in [0, 0.1) is 5.92 Å². The van der Waals surface area contributed by atoms with Crippen molar-refractivity contribution in [1.82, 2.24) is 6.15 Å². The van der Waals surface area contributed by atoms with Gasteiger partial charge in [-0.25, -0.2) is 0 Å². The fraction of sp³-hybridized carbons (Fsp3) is 0.760. The molecular weight excluding hydrogens is 350 g/mol. The predicted octanol–water partition coefficient (Wildman–Crippen LogP) is 9.12. The van der Waals surface area contributed by atoms with Crippen LogP contribution in [0.2, 0.25) is 0 Å². The van der Waals surface area contributed by atoms with Gasteiger partial charge in [-0.15, -0.1) is 11.6 Å². The van der Waals surface area contributed by atoms with E-state index in [4.69, 9.17) is 11.6 Å². The van der Waals surface area contributed by atoms with E-state index >= 15 is 0 Å². The Balaban J connectivity index is 0.00000676. The quantitative estimate of drug-likeness (QED) is 0.219. The van der Waals surface area contributed by atoms with Crippen molar-refractivity contribution < 1.29 is 0 Å². The minimum Gasteiger partial charge on any atom is -0.344 e. The van der Waals surface area contributed by atoms with E-state index in [0.29, 0.717) is 5.92 Å². The third-order valence-corrected chi connectivity index (χ3v) is 6.01. The normalized spacial score (nSPS) is 12.6. The fourth-order valence-corrected chi connectivity index (χ4v) is 4.00. The summed E-state index contributed by atoms with van der Waals surface area (Å²) >= 11 is 6.69. The van der Waals surface area contributed by atoms with E-state index in [1.54, 1.807) is 0 Å². The molecule has 0 heterocycles. The average Bonchev–Trinajstić information content (AvgIpc) is 2.61. The zero-order valence-electron chi connectivity index (χ0n) is 18.4. The van der Waals surface area contributed by atoms with Gasteiger partial charge in [0, 0.05) is 4.87 Å². The van der Waals surface area contributed by atoms with Crippen LogP contribution < -0.4 is 6.15 Å². The molecular formula is C25H46ClN. The maximum atomic E-state index is 6.69. The van der Waals surface area contributed by atoms with E-state index in [1.165, 1.54) is 89.0 Å². The van der Waals surface area contributed by atoms with Gasteiger partial charge in [0.05, 0.1) is 0 Å². The van der Waals surface area contributed by atoms with Crippen LogP contribution in [-0.2, 0) is 6.42 Å². The molecule has 0 aliphatic carbocycles. The Bertz CT molecular complexity index is 424. The Morgan fingerprint density at radius 1 is 0.741 bits per heavy atom. The highest BCUT2D eigenvalue weighted by Gasteiger charge is 2.26. The topological polar surface area (TPSA) is 35.0 Å². The maximum Gasteiger partial charge on any atom is 0.0421 e. The van der Waals surface area contributed by atoms with Crippen molar-refractivity contribution in [1.29, 1.82) is 0 Å². The highest BCUT2D eigenvalue weighted by atomic mass is 35.5. The summed E-state index contributed by atoms with van der Waals surface area (Å²) < 4.78 is 0. The molecule has 1 rings (SSSR count). The van der Waals surface area contributed by atoms with Crippen molar-refractivity contribution in [3.05, 3.63) is 35.9 Å². The summed E-state index contributed by atoms with van der Waals surface area (Å²) in [6.45, 7) is 6.66. The van der Waals surface area contributed by atoms with Crippen LogP contribution in [0.25, 0.3) is 0 Å². The summed E-state index contributed by atoms with van der Waals surface area (Å²) in [7, 11) is 0. The molecule has 0 aliphatic rings. The van der Waals surface area contributed by atoms with E-state index < -0.39 is 0 Å². The lowest BCUT2D eigenvalue weighted by molar-refractivity contribution is 0.367. The maximum absolute atomic E-state index is 6.69. The molecule has 1 atom stereocenters. The average molecular weight is 396 g/mol. The Hall–Kier alpha value is -0.530. The molecule has 0 aliphatic heterocycles. The van der Waals surface area contributed by atoms with Crippen molar-refractivity contribution in [2.24, 2.45) is 5.92 Å². The van der Waals surface area contributed by atoms with Crippen LogP contribution in [0.4, 0.5) is 0 Å². The molecule has 0 spiro atoms. The van der Waals surface area contributed by atoms with Gasteiger partial charge in [-0.05, 0) is 38.2 Å². The van der Waals surface area contributed by atoms with E-state index in [0.717, 1.165) is 6.42 Å². The minimum absolute atomic E-state index is 0. The van der Waals surface area contributed by atoms with Crippen molar-refractivity contribution in [2.45, 2.75) is 116 Å². The molecule has 0 saturated heterocycles. The van der Waals surface area contributed by atoms with Gasteiger partial charge < -0.3 is 6.15 Å². The van der Waals surface area contributed by atoms with E-state index in [1.807, 2.05) is 0 Å². The zero-order chi connectivity index (χ0) is 19.1. The van der Waals surface area contributed by atoms with Gasteiger partial charge in [0.1, 0.15) is 0 Å². The first-order chi connectivity index (χ1) is 12.5. The first-order valence-corrected chi connectivity index (χ1v) is 11.6. The minimum atomic E-state index is -0.117. The molecule has 1 aromatic rings. The second kappa shape index (κ2) is 16.4. The van der Waals surface area contributed by atoms with Crippen molar-refractivity contribution in [3.8, 4) is 0 Å². The van der Waals surface area contributed by atoms with Crippen LogP contribution in [0.5, 0.6) is 0 Å². The first kappa shape index (κ1) is 26.5. The molecule has 0 saturated carbocycles. The third kappa shape index (κ3) is 14.2. The second-order valence-corrected chi connectivity index (χ2v) is 9.60. The molecule has 1 nitrogen and oxygen atoms in total. The lowest BCUT2D eigenvalue weighted by atomic mass is 9.84. The standard InChI is InChI=1S/C25H43Cl.H3N/c1-4-5-6-7-8-9-10-11-12-13-14-18-21-24(25(2,3)26)22-23-19-16-15-17-20-23;/h15-17,19-20,24H,4-14,18,21-22H2,1-3H3;1H3. The number of unbranched alkanes of at least 4 members (excludes halogenated alkanes) is 11. The van der Waals surface area contributed by atoms with E-state index in [-0.39, 0.29) is 11.0 Å². The summed E-state index contributed by atoms with van der Waals surface area (Å²) in [5.41, 5.74) is 1.42. The number of alkyl halides is 1. The van der Waals surface area contributed by atoms with Gasteiger partial charge >= 0.3 is 0 Å². The smallest absolute Gasteiger partial charge is 0.0421 e. The molecule has 0 amide bonds. The molecule has 2 heteroatoms. The Morgan fingerprint density at radius 2 is 1.19 bits per heavy atom. The van der Waals surface area contributed by atoms with Crippen LogP contribution in [0.1, 0.15) is 110 Å². The molecule has 1 aromatic carbocycles. The number of halogens is 1. The lowest BCUT2D eigenvalue weighted by Crippen LogP contribution is -2.26. The lowest BCUT2D eigenvalue weighted by Gasteiger charge is -2.29.